The van der Waals surface area contributed by atoms with E-state index in [0.717, 1.165) is 0 Å². The second-order valence-corrected chi connectivity index (χ2v) is 2.55. The van der Waals surface area contributed by atoms with Crippen LogP contribution in [-0.4, -0.2) is 11.1 Å². The molecule has 0 aromatic rings. The van der Waals surface area contributed by atoms with E-state index in [9.17, 15) is 0 Å². The topological polar surface area (TPSA) is 102 Å². The molecule has 0 unspecified atom stereocenters. The fraction of sp³-hybridized carbons (Fsp3) is 0.250. The van der Waals surface area contributed by atoms with Gasteiger partial charge in [0.2, 0.25) is 5.12 Å². The van der Waals surface area contributed by atoms with Crippen LogP contribution in [0.15, 0.2) is 16.9 Å². The van der Waals surface area contributed by atoms with Gasteiger partial charge in [-0.3, -0.25) is 5.73 Å². The van der Waals surface area contributed by atoms with E-state index in [4.69, 9.17) is 28.8 Å². The molecule has 0 amide bonds. The summed E-state index contributed by atoms with van der Waals surface area (Å²) in [6, 6.07) is 0. The van der Waals surface area contributed by atoms with E-state index in [1.807, 2.05) is 0 Å². The van der Waals surface area contributed by atoms with Gasteiger partial charge in [-0.15, -0.1) is 0 Å². The van der Waals surface area contributed by atoms with Crippen LogP contribution in [0.2, 0.25) is 0 Å². The summed E-state index contributed by atoms with van der Waals surface area (Å²) < 4.78 is 0. The van der Waals surface area contributed by atoms with Crippen LogP contribution in [0.3, 0.4) is 0 Å². The zero-order chi connectivity index (χ0) is 7.78. The van der Waals surface area contributed by atoms with Crippen molar-refractivity contribution in [1.82, 2.24) is 5.32 Å². The van der Waals surface area contributed by atoms with Gasteiger partial charge in [-0.2, -0.15) is 0 Å². The number of alkyl halides is 1. The van der Waals surface area contributed by atoms with Crippen molar-refractivity contribution < 1.29 is 0 Å². The summed E-state index contributed by atoms with van der Waals surface area (Å²) in [5.74, 6) is 0.433. The lowest BCUT2D eigenvalue weighted by atomic mass is 10.4. The Balaban J connectivity index is 2.88. The first-order valence-corrected chi connectivity index (χ1v) is 2.96. The molecule has 56 valence electrons. The number of guanidine groups is 1. The number of nitrogens with one attached hydrogen (secondary N) is 1. The minimum atomic E-state index is -1.29. The van der Waals surface area contributed by atoms with E-state index in [2.05, 4.69) is 10.3 Å². The van der Waals surface area contributed by atoms with Crippen molar-refractivity contribution in [3.8, 4) is 0 Å². The Morgan fingerprint density at radius 2 is 2.20 bits per heavy atom. The number of hydrogen-bond donors (Lipinski definition) is 4. The molecule has 0 aromatic heterocycles. The first-order valence-electron chi connectivity index (χ1n) is 2.58. The first kappa shape index (κ1) is 7.17. The summed E-state index contributed by atoms with van der Waals surface area (Å²) >= 11 is 5.58. The molecule has 1 rings (SSSR count). The average Bonchev–Trinajstić information content (AvgIpc) is 1.54. The van der Waals surface area contributed by atoms with Gasteiger partial charge in [0.05, 0.1) is 0 Å². The maximum Gasteiger partial charge on any atom is 0.210 e. The van der Waals surface area contributed by atoms with Crippen LogP contribution in [-0.2, 0) is 0 Å². The highest BCUT2D eigenvalue weighted by atomic mass is 35.5. The molecule has 0 fully saturated rings. The Bertz CT molecular complexity index is 186. The summed E-state index contributed by atoms with van der Waals surface area (Å²) in [5, 5.41) is 1.24. The molecule has 1 heterocycles. The molecule has 0 aliphatic carbocycles. The Kier molecular flexibility index (Phi) is 1.46. The van der Waals surface area contributed by atoms with Crippen LogP contribution >= 0.6 is 11.6 Å². The van der Waals surface area contributed by atoms with E-state index < -0.39 is 5.12 Å². The molecule has 0 radical (unpaired) electrons. The number of aliphatic imine (C=N–C) groups is 1. The fourth-order valence-corrected chi connectivity index (χ4v) is 0.856. The van der Waals surface area contributed by atoms with E-state index >= 15 is 0 Å². The van der Waals surface area contributed by atoms with Crippen molar-refractivity contribution >= 4 is 17.6 Å². The summed E-state index contributed by atoms with van der Waals surface area (Å²) in [7, 11) is 0. The third kappa shape index (κ3) is 1.52. The van der Waals surface area contributed by atoms with Gasteiger partial charge in [-0.1, -0.05) is 11.6 Å². The van der Waals surface area contributed by atoms with Crippen LogP contribution in [0, 0.1) is 0 Å². The minimum Gasteiger partial charge on any atom is -0.385 e. The molecule has 7 N–H and O–H groups in total. The lowest BCUT2D eigenvalue weighted by molar-refractivity contribution is 0.738. The predicted octanol–water partition coefficient (Wildman–Crippen LogP) is -1.44. The molecular formula is C4H8ClN5. The van der Waals surface area contributed by atoms with Crippen LogP contribution in [0.25, 0.3) is 0 Å². The van der Waals surface area contributed by atoms with Crippen LogP contribution < -0.4 is 22.5 Å². The summed E-state index contributed by atoms with van der Waals surface area (Å²) in [6.07, 6.45) is 1.37. The molecule has 6 heteroatoms. The van der Waals surface area contributed by atoms with Crippen LogP contribution in [0.5, 0.6) is 0 Å². The monoisotopic (exact) mass is 161 g/mol. The van der Waals surface area contributed by atoms with Gasteiger partial charge in [0, 0.05) is 6.08 Å². The van der Waals surface area contributed by atoms with Gasteiger partial charge >= 0.3 is 0 Å². The van der Waals surface area contributed by atoms with Gasteiger partial charge in [-0.25, -0.2) is 4.99 Å². The van der Waals surface area contributed by atoms with Crippen molar-refractivity contribution in [2.45, 2.75) is 5.12 Å². The summed E-state index contributed by atoms with van der Waals surface area (Å²) in [6.45, 7) is 0. The van der Waals surface area contributed by atoms with Crippen LogP contribution in [0.4, 0.5) is 0 Å². The van der Waals surface area contributed by atoms with E-state index in [-0.39, 0.29) is 5.96 Å². The van der Waals surface area contributed by atoms with Crippen molar-refractivity contribution in [3.63, 3.8) is 0 Å². The Morgan fingerprint density at radius 3 is 2.60 bits per heavy atom. The lowest BCUT2D eigenvalue weighted by Gasteiger charge is -2.20. The predicted molar refractivity (Wildman–Crippen MR) is 39.8 cm³/mol. The maximum absolute atomic E-state index is 5.58. The SMILES string of the molecule is NC1=C[C@@](N)(Cl)N=C(N)N1. The van der Waals surface area contributed by atoms with E-state index in [1.165, 1.54) is 6.08 Å². The van der Waals surface area contributed by atoms with Gasteiger partial charge in [0.1, 0.15) is 5.82 Å². The molecule has 0 spiro atoms. The third-order valence-electron chi connectivity index (χ3n) is 0.922. The van der Waals surface area contributed by atoms with Crippen molar-refractivity contribution in [1.29, 1.82) is 0 Å². The molecule has 1 aliphatic rings. The molecule has 1 aliphatic heterocycles. The maximum atomic E-state index is 5.58. The number of rotatable bonds is 0. The van der Waals surface area contributed by atoms with Crippen molar-refractivity contribution in [3.05, 3.63) is 11.9 Å². The molecule has 0 bridgehead atoms. The largest absolute Gasteiger partial charge is 0.385 e. The minimum absolute atomic E-state index is 0.123. The summed E-state index contributed by atoms with van der Waals surface area (Å²) in [5.41, 5.74) is 15.9. The van der Waals surface area contributed by atoms with Gasteiger partial charge in [-0.05, 0) is 0 Å². The second-order valence-electron chi connectivity index (χ2n) is 1.95. The van der Waals surface area contributed by atoms with E-state index in [0.29, 0.717) is 5.82 Å². The van der Waals surface area contributed by atoms with Crippen LogP contribution in [0.1, 0.15) is 0 Å². The fourth-order valence-electron chi connectivity index (χ4n) is 0.647. The van der Waals surface area contributed by atoms with Crippen molar-refractivity contribution in [2.75, 3.05) is 0 Å². The third-order valence-corrected chi connectivity index (χ3v) is 1.12. The zero-order valence-electron chi connectivity index (χ0n) is 5.13. The molecule has 0 saturated carbocycles. The molecule has 0 aromatic carbocycles. The highest BCUT2D eigenvalue weighted by Gasteiger charge is 2.21. The highest BCUT2D eigenvalue weighted by Crippen LogP contribution is 2.13. The number of nitrogens with two attached hydrogens (primary N) is 3. The smallest absolute Gasteiger partial charge is 0.210 e. The molecule has 5 nitrogen and oxygen atoms in total. The molecule has 0 saturated heterocycles. The Hall–Kier alpha value is -0.940. The van der Waals surface area contributed by atoms with Gasteiger partial charge in [0.25, 0.3) is 0 Å². The number of nitrogens with zero attached hydrogens (tertiary/aromatic N) is 1. The molecule has 1 atom stereocenters. The van der Waals surface area contributed by atoms with Crippen molar-refractivity contribution in [2.24, 2.45) is 22.2 Å². The Labute approximate surface area is 62.9 Å². The summed E-state index contributed by atoms with van der Waals surface area (Å²) in [4.78, 5) is 3.64. The number of halogens is 1. The average molecular weight is 162 g/mol. The molecular weight excluding hydrogens is 154 g/mol. The van der Waals surface area contributed by atoms with Gasteiger partial charge < -0.3 is 16.8 Å². The van der Waals surface area contributed by atoms with Gasteiger partial charge in [0.15, 0.2) is 5.96 Å². The zero-order valence-corrected chi connectivity index (χ0v) is 5.89. The lowest BCUT2D eigenvalue weighted by Crippen LogP contribution is -2.45. The number of hydrogen-bond acceptors (Lipinski definition) is 5. The standard InChI is InChI=1S/C4H8ClN5/c5-4(8)1-2(6)9-3(7)10-4/h1H,6,8H2,(H3,7,9,10)/t4-/m0/s1. The quantitative estimate of drug-likeness (QED) is 0.258. The normalized spacial score (nSPS) is 32.2. The molecule has 10 heavy (non-hydrogen) atoms. The highest BCUT2D eigenvalue weighted by molar-refractivity contribution is 6.25. The van der Waals surface area contributed by atoms with E-state index in [1.54, 1.807) is 0 Å². The first-order chi connectivity index (χ1) is 4.49. The second kappa shape index (κ2) is 2.03. The Morgan fingerprint density at radius 1 is 1.60 bits per heavy atom.